The van der Waals surface area contributed by atoms with Crippen LogP contribution in [0.1, 0.15) is 48.4 Å². The van der Waals surface area contributed by atoms with Gasteiger partial charge in [-0.25, -0.2) is 13.9 Å². The first-order valence-corrected chi connectivity index (χ1v) is 10.0. The molecular formula is C24H24FN2O+. The minimum atomic E-state index is -0.254. The van der Waals surface area contributed by atoms with Crippen molar-refractivity contribution in [1.82, 2.24) is 4.98 Å². The molecule has 0 spiro atoms. The Morgan fingerprint density at radius 3 is 2.68 bits per heavy atom. The van der Waals surface area contributed by atoms with Gasteiger partial charge in [0.05, 0.1) is 16.3 Å². The summed E-state index contributed by atoms with van der Waals surface area (Å²) < 4.78 is 23.2. The van der Waals surface area contributed by atoms with Crippen LogP contribution in [0.4, 0.5) is 4.39 Å². The first-order chi connectivity index (χ1) is 13.5. The van der Waals surface area contributed by atoms with Crippen molar-refractivity contribution in [2.24, 2.45) is 7.05 Å². The van der Waals surface area contributed by atoms with Gasteiger partial charge in [-0.3, -0.25) is 0 Å². The number of hydrogen-bond donors (Lipinski definition) is 0. The maximum Gasteiger partial charge on any atom is 0.227 e. The molecule has 28 heavy (non-hydrogen) atoms. The topological polar surface area (TPSA) is 29.9 Å². The number of furan rings is 1. The molecule has 1 saturated carbocycles. The first kappa shape index (κ1) is 17.4. The fraction of sp³-hybridized carbons (Fsp3) is 0.333. The molecule has 0 aliphatic heterocycles. The molecule has 1 aromatic carbocycles. The highest BCUT2D eigenvalue weighted by molar-refractivity contribution is 6.09. The SMILES string of the molecule is Cc1ccc2c(n1)oc1c(-c3cc(C4CCCC4)cc[n+]3C)c(C)cc(F)c12. The van der Waals surface area contributed by atoms with E-state index >= 15 is 0 Å². The molecule has 0 N–H and O–H groups in total. The van der Waals surface area contributed by atoms with E-state index in [1.165, 1.54) is 31.2 Å². The number of hydrogen-bond acceptors (Lipinski definition) is 2. The van der Waals surface area contributed by atoms with Crippen LogP contribution in [0.3, 0.4) is 0 Å². The molecule has 0 bridgehead atoms. The normalized spacial score (nSPS) is 15.1. The lowest BCUT2D eigenvalue weighted by Gasteiger charge is -2.11. The standard InChI is InChI=1S/C24H24FN2O/c1-14-12-19(25)22-18-9-8-15(2)26-24(18)28-23(22)21(14)20-13-17(10-11-27(20)3)16-6-4-5-7-16/h8-13,16H,4-7H2,1-3H3/q+1. The number of nitrogens with zero attached hydrogens (tertiary/aromatic N) is 2. The van der Waals surface area contributed by atoms with Crippen molar-refractivity contribution >= 4 is 22.1 Å². The molecule has 1 aliphatic carbocycles. The molecule has 3 heterocycles. The molecule has 3 aromatic heterocycles. The molecule has 3 nitrogen and oxygen atoms in total. The lowest BCUT2D eigenvalue weighted by atomic mass is 9.94. The third-order valence-corrected chi connectivity index (χ3v) is 6.15. The third kappa shape index (κ3) is 2.62. The van der Waals surface area contributed by atoms with Gasteiger partial charge in [0.15, 0.2) is 11.8 Å². The monoisotopic (exact) mass is 375 g/mol. The second-order valence-electron chi connectivity index (χ2n) is 8.10. The van der Waals surface area contributed by atoms with Crippen molar-refractivity contribution in [2.45, 2.75) is 45.4 Å². The van der Waals surface area contributed by atoms with Crippen LogP contribution in [0.15, 0.2) is 40.9 Å². The molecule has 4 aromatic rings. The predicted octanol–water partition coefficient (Wildman–Crippen LogP) is 5.89. The molecule has 0 unspecified atom stereocenters. The van der Waals surface area contributed by atoms with Crippen LogP contribution in [0.5, 0.6) is 0 Å². The Morgan fingerprint density at radius 1 is 1.11 bits per heavy atom. The Labute approximate surface area is 163 Å². The minimum Gasteiger partial charge on any atom is -0.437 e. The predicted molar refractivity (Wildman–Crippen MR) is 109 cm³/mol. The molecule has 4 heteroatoms. The van der Waals surface area contributed by atoms with Crippen LogP contribution >= 0.6 is 0 Å². The average molecular weight is 375 g/mol. The second kappa shape index (κ2) is 6.40. The van der Waals surface area contributed by atoms with Gasteiger partial charge in [0.25, 0.3) is 0 Å². The van der Waals surface area contributed by atoms with Crippen LogP contribution in [0, 0.1) is 19.7 Å². The van der Waals surface area contributed by atoms with Gasteiger partial charge in [0, 0.05) is 17.8 Å². The summed E-state index contributed by atoms with van der Waals surface area (Å²) in [6.45, 7) is 3.87. The summed E-state index contributed by atoms with van der Waals surface area (Å²) in [6, 6.07) is 9.91. The van der Waals surface area contributed by atoms with E-state index in [0.29, 0.717) is 22.6 Å². The largest absolute Gasteiger partial charge is 0.437 e. The zero-order chi connectivity index (χ0) is 19.4. The maximum absolute atomic E-state index is 14.9. The fourth-order valence-corrected chi connectivity index (χ4v) is 4.66. The van der Waals surface area contributed by atoms with E-state index in [4.69, 9.17) is 4.42 Å². The highest BCUT2D eigenvalue weighted by atomic mass is 19.1. The Hall–Kier alpha value is -2.75. The van der Waals surface area contributed by atoms with E-state index < -0.39 is 0 Å². The van der Waals surface area contributed by atoms with Crippen molar-refractivity contribution in [2.75, 3.05) is 0 Å². The van der Waals surface area contributed by atoms with Gasteiger partial charge in [0.2, 0.25) is 11.4 Å². The van der Waals surface area contributed by atoms with Crippen LogP contribution in [0.2, 0.25) is 0 Å². The Bertz CT molecular complexity index is 1220. The highest BCUT2D eigenvalue weighted by Gasteiger charge is 2.26. The van der Waals surface area contributed by atoms with Gasteiger partial charge < -0.3 is 4.42 Å². The van der Waals surface area contributed by atoms with Crippen LogP contribution in [-0.2, 0) is 7.05 Å². The third-order valence-electron chi connectivity index (χ3n) is 6.15. The van der Waals surface area contributed by atoms with Crippen LogP contribution in [-0.4, -0.2) is 4.98 Å². The Kier molecular flexibility index (Phi) is 3.97. The number of halogens is 1. The molecule has 5 rings (SSSR count). The molecule has 0 saturated heterocycles. The van der Waals surface area contributed by atoms with Crippen LogP contribution < -0.4 is 4.57 Å². The van der Waals surface area contributed by atoms with Crippen molar-refractivity contribution in [1.29, 1.82) is 0 Å². The number of benzene rings is 1. The zero-order valence-electron chi connectivity index (χ0n) is 16.6. The second-order valence-corrected chi connectivity index (χ2v) is 8.10. The number of aromatic nitrogens is 2. The van der Waals surface area contributed by atoms with Crippen LogP contribution in [0.25, 0.3) is 33.3 Å². The fourth-order valence-electron chi connectivity index (χ4n) is 4.66. The van der Waals surface area contributed by atoms with E-state index in [1.807, 2.05) is 33.0 Å². The molecule has 1 aliphatic rings. The quantitative estimate of drug-likeness (QED) is 0.409. The van der Waals surface area contributed by atoms with E-state index in [-0.39, 0.29) is 5.82 Å². The van der Waals surface area contributed by atoms with E-state index in [1.54, 1.807) is 6.07 Å². The summed E-state index contributed by atoms with van der Waals surface area (Å²) in [7, 11) is 2.04. The zero-order valence-corrected chi connectivity index (χ0v) is 16.6. The summed E-state index contributed by atoms with van der Waals surface area (Å²) in [4.78, 5) is 4.48. The van der Waals surface area contributed by atoms with Crippen molar-refractivity contribution in [3.63, 3.8) is 0 Å². The van der Waals surface area contributed by atoms with Gasteiger partial charge in [-0.05, 0) is 61.9 Å². The molecule has 142 valence electrons. The highest BCUT2D eigenvalue weighted by Crippen LogP contribution is 2.40. The number of fused-ring (bicyclic) bond motifs is 3. The van der Waals surface area contributed by atoms with Crippen molar-refractivity contribution in [3.05, 3.63) is 59.2 Å². The van der Waals surface area contributed by atoms with Gasteiger partial charge in [-0.15, -0.1) is 0 Å². The Balaban J connectivity index is 1.81. The van der Waals surface area contributed by atoms with Gasteiger partial charge in [0.1, 0.15) is 12.9 Å². The van der Waals surface area contributed by atoms with Gasteiger partial charge in [-0.1, -0.05) is 12.8 Å². The molecule has 1 fully saturated rings. The summed E-state index contributed by atoms with van der Waals surface area (Å²) in [5.74, 6) is 0.367. The van der Waals surface area contributed by atoms with Gasteiger partial charge in [-0.2, -0.15) is 0 Å². The first-order valence-electron chi connectivity index (χ1n) is 10.0. The number of aryl methyl sites for hydroxylation is 3. The smallest absolute Gasteiger partial charge is 0.227 e. The summed E-state index contributed by atoms with van der Waals surface area (Å²) >= 11 is 0. The summed E-state index contributed by atoms with van der Waals surface area (Å²) in [5, 5.41) is 1.25. The lowest BCUT2D eigenvalue weighted by Crippen LogP contribution is -2.31. The van der Waals surface area contributed by atoms with E-state index in [9.17, 15) is 4.39 Å². The summed E-state index contributed by atoms with van der Waals surface area (Å²) in [6.07, 6.45) is 7.21. The molecule has 0 radical (unpaired) electrons. The maximum atomic E-state index is 14.9. The average Bonchev–Trinajstić information content (AvgIpc) is 3.30. The summed E-state index contributed by atoms with van der Waals surface area (Å²) in [5.41, 5.74) is 6.20. The molecule has 0 atom stereocenters. The molecular weight excluding hydrogens is 351 g/mol. The van der Waals surface area contributed by atoms with Gasteiger partial charge >= 0.3 is 0 Å². The Morgan fingerprint density at radius 2 is 1.89 bits per heavy atom. The number of rotatable bonds is 2. The lowest BCUT2D eigenvalue weighted by molar-refractivity contribution is -0.660. The van der Waals surface area contributed by atoms with Crippen molar-refractivity contribution in [3.8, 4) is 11.3 Å². The van der Waals surface area contributed by atoms with E-state index in [0.717, 1.165) is 27.9 Å². The number of pyridine rings is 2. The van der Waals surface area contributed by atoms with E-state index in [2.05, 4.69) is 27.9 Å². The minimum absolute atomic E-state index is 0.254. The van der Waals surface area contributed by atoms with Crippen molar-refractivity contribution < 1.29 is 13.4 Å². The molecule has 0 amide bonds.